The Balaban J connectivity index is 1.79. The monoisotopic (exact) mass is 422 g/mol. The lowest BCUT2D eigenvalue weighted by molar-refractivity contribution is -0.160. The molecule has 1 N–H and O–H groups in total. The average Bonchev–Trinajstić information content (AvgIpc) is 2.67. The second-order valence-electron chi connectivity index (χ2n) is 8.60. The minimum Gasteiger partial charge on any atom is -0.452 e. The quantitative estimate of drug-likeness (QED) is 0.733. The summed E-state index contributed by atoms with van der Waals surface area (Å²) in [6.07, 6.45) is -0.433. The molecule has 1 aliphatic rings. The van der Waals surface area contributed by atoms with Gasteiger partial charge in [0.2, 0.25) is 0 Å². The summed E-state index contributed by atoms with van der Waals surface area (Å²) >= 11 is 0. The van der Waals surface area contributed by atoms with Crippen LogP contribution in [-0.4, -0.2) is 47.7 Å². The Kier molecular flexibility index (Phi) is 7.81. The molecule has 0 radical (unpaired) electrons. The Hall–Kier alpha value is -2.64. The van der Waals surface area contributed by atoms with Gasteiger partial charge in [-0.05, 0) is 65.2 Å². The van der Waals surface area contributed by atoms with Crippen LogP contribution in [-0.2, 0) is 19.1 Å². The lowest BCUT2D eigenvalue weighted by Crippen LogP contribution is -2.44. The molecule has 8 heteroatoms. The molecule has 1 fully saturated rings. The summed E-state index contributed by atoms with van der Waals surface area (Å²) in [7, 11) is 0. The molecule has 30 heavy (non-hydrogen) atoms. The zero-order chi connectivity index (χ0) is 22.5. The number of nitrogens with one attached hydrogen (secondary N) is 1. The third-order valence-corrected chi connectivity index (χ3v) is 4.87. The van der Waals surface area contributed by atoms with Gasteiger partial charge in [0.05, 0.1) is 12.0 Å². The van der Waals surface area contributed by atoms with E-state index in [2.05, 4.69) is 5.32 Å². The molecule has 0 bridgehead atoms. The van der Waals surface area contributed by atoms with Crippen LogP contribution < -0.4 is 5.32 Å². The summed E-state index contributed by atoms with van der Waals surface area (Å²) in [6.45, 7) is 9.50. The van der Waals surface area contributed by atoms with Crippen molar-refractivity contribution in [3.63, 3.8) is 0 Å². The fraction of sp³-hybridized carbons (Fsp3) is 0.591. The van der Waals surface area contributed by atoms with E-state index < -0.39 is 29.7 Å². The molecule has 166 valence electrons. The number of halogens is 1. The number of rotatable bonds is 5. The molecule has 2 atom stereocenters. The Morgan fingerprint density at radius 3 is 2.20 bits per heavy atom. The Bertz CT molecular complexity index is 752. The molecule has 1 aromatic rings. The first kappa shape index (κ1) is 23.6. The van der Waals surface area contributed by atoms with Crippen molar-refractivity contribution in [3.8, 4) is 0 Å². The summed E-state index contributed by atoms with van der Waals surface area (Å²) < 4.78 is 23.7. The topological polar surface area (TPSA) is 84.9 Å². The third kappa shape index (κ3) is 7.00. The van der Waals surface area contributed by atoms with E-state index in [1.165, 1.54) is 19.1 Å². The van der Waals surface area contributed by atoms with Gasteiger partial charge in [0, 0.05) is 13.1 Å². The molecule has 7 nitrogen and oxygen atoms in total. The summed E-state index contributed by atoms with van der Waals surface area (Å²) in [5, 5.41) is 2.76. The average molecular weight is 422 g/mol. The third-order valence-electron chi connectivity index (χ3n) is 4.87. The smallest absolute Gasteiger partial charge is 0.410 e. The molecule has 0 aromatic heterocycles. The van der Waals surface area contributed by atoms with Crippen LogP contribution in [0.2, 0.25) is 0 Å². The van der Waals surface area contributed by atoms with E-state index in [-0.39, 0.29) is 17.8 Å². The first-order valence-corrected chi connectivity index (χ1v) is 10.2. The highest BCUT2D eigenvalue weighted by Gasteiger charge is 2.32. The summed E-state index contributed by atoms with van der Waals surface area (Å²) in [5.41, 5.74) is 0.179. The van der Waals surface area contributed by atoms with Crippen molar-refractivity contribution >= 4 is 18.0 Å². The molecule has 0 spiro atoms. The normalized spacial score (nSPS) is 17.1. The summed E-state index contributed by atoms with van der Waals surface area (Å²) in [4.78, 5) is 38.5. The van der Waals surface area contributed by atoms with E-state index >= 15 is 0 Å². The van der Waals surface area contributed by atoms with Crippen LogP contribution in [0.15, 0.2) is 24.3 Å². The lowest BCUT2D eigenvalue weighted by Gasteiger charge is -2.32. The number of piperidine rings is 1. The first-order valence-electron chi connectivity index (χ1n) is 10.2. The Morgan fingerprint density at radius 1 is 1.10 bits per heavy atom. The maximum absolute atomic E-state index is 13.0. The van der Waals surface area contributed by atoms with Crippen LogP contribution in [0.1, 0.15) is 59.1 Å². The van der Waals surface area contributed by atoms with Gasteiger partial charge in [-0.15, -0.1) is 0 Å². The van der Waals surface area contributed by atoms with E-state index in [1.807, 2.05) is 0 Å². The van der Waals surface area contributed by atoms with Gasteiger partial charge in [0.25, 0.3) is 5.91 Å². The van der Waals surface area contributed by atoms with Gasteiger partial charge in [-0.1, -0.05) is 12.1 Å². The number of benzene rings is 1. The van der Waals surface area contributed by atoms with Crippen LogP contribution >= 0.6 is 0 Å². The number of carbonyl (C=O) groups excluding carboxylic acids is 3. The number of likely N-dealkylation sites (tertiary alicyclic amines) is 1. The largest absolute Gasteiger partial charge is 0.452 e. The predicted molar refractivity (Wildman–Crippen MR) is 109 cm³/mol. The molecule has 1 heterocycles. The Morgan fingerprint density at radius 2 is 1.67 bits per heavy atom. The fourth-order valence-electron chi connectivity index (χ4n) is 3.11. The standard InChI is InChI=1S/C22H31FN2O5/c1-14(16-6-8-18(23)9-7-16)24-19(26)15(2)29-20(27)17-10-12-25(13-11-17)21(28)30-22(3,4)5/h6-9,14-15,17H,10-13H2,1-5H3,(H,24,26). The predicted octanol–water partition coefficient (Wildman–Crippen LogP) is 3.58. The van der Waals surface area contributed by atoms with Gasteiger partial charge < -0.3 is 19.7 Å². The Labute approximate surface area is 176 Å². The molecular weight excluding hydrogens is 391 g/mol. The van der Waals surface area contributed by atoms with Gasteiger partial charge in [-0.3, -0.25) is 9.59 Å². The molecule has 1 saturated heterocycles. The van der Waals surface area contributed by atoms with Crippen molar-refractivity contribution in [1.82, 2.24) is 10.2 Å². The lowest BCUT2D eigenvalue weighted by atomic mass is 9.97. The molecule has 1 aliphatic heterocycles. The number of hydrogen-bond acceptors (Lipinski definition) is 5. The van der Waals surface area contributed by atoms with Crippen molar-refractivity contribution in [1.29, 1.82) is 0 Å². The molecular formula is C22H31FN2O5. The number of esters is 1. The summed E-state index contributed by atoms with van der Waals surface area (Å²) in [5.74, 6) is -1.59. The second kappa shape index (κ2) is 9.91. The summed E-state index contributed by atoms with van der Waals surface area (Å²) in [6, 6.07) is 5.48. The molecule has 0 aliphatic carbocycles. The number of ether oxygens (including phenoxy) is 2. The van der Waals surface area contributed by atoms with Gasteiger partial charge in [0.15, 0.2) is 6.10 Å². The van der Waals surface area contributed by atoms with Crippen molar-refractivity contribution in [2.24, 2.45) is 5.92 Å². The molecule has 0 saturated carbocycles. The number of carbonyl (C=O) groups is 3. The van der Waals surface area contributed by atoms with Crippen molar-refractivity contribution in [3.05, 3.63) is 35.6 Å². The highest BCUT2D eigenvalue weighted by Crippen LogP contribution is 2.21. The van der Waals surface area contributed by atoms with Crippen molar-refractivity contribution in [2.45, 2.75) is 65.2 Å². The molecule has 2 unspecified atom stereocenters. The van der Waals surface area contributed by atoms with Crippen LogP contribution in [0.5, 0.6) is 0 Å². The van der Waals surface area contributed by atoms with Crippen molar-refractivity contribution < 1.29 is 28.2 Å². The molecule has 2 rings (SSSR count). The van der Waals surface area contributed by atoms with Gasteiger partial charge in [0.1, 0.15) is 11.4 Å². The zero-order valence-electron chi connectivity index (χ0n) is 18.2. The van der Waals surface area contributed by atoms with E-state index in [0.29, 0.717) is 25.9 Å². The van der Waals surface area contributed by atoms with Crippen molar-refractivity contribution in [2.75, 3.05) is 13.1 Å². The highest BCUT2D eigenvalue weighted by atomic mass is 19.1. The van der Waals surface area contributed by atoms with E-state index in [9.17, 15) is 18.8 Å². The minimum absolute atomic E-state index is 0.350. The van der Waals surface area contributed by atoms with E-state index in [4.69, 9.17) is 9.47 Å². The number of nitrogens with zero attached hydrogens (tertiary/aromatic N) is 1. The maximum Gasteiger partial charge on any atom is 0.410 e. The number of amides is 2. The fourth-order valence-corrected chi connectivity index (χ4v) is 3.11. The van der Waals surface area contributed by atoms with E-state index in [0.717, 1.165) is 5.56 Å². The SMILES string of the molecule is CC(OC(=O)C1CCN(C(=O)OC(C)(C)C)CC1)C(=O)NC(C)c1ccc(F)cc1. The van der Waals surface area contributed by atoms with Gasteiger partial charge >= 0.3 is 12.1 Å². The van der Waals surface area contributed by atoms with Crippen LogP contribution in [0.3, 0.4) is 0 Å². The minimum atomic E-state index is -0.954. The van der Waals surface area contributed by atoms with Crippen LogP contribution in [0.25, 0.3) is 0 Å². The highest BCUT2D eigenvalue weighted by molar-refractivity contribution is 5.84. The van der Waals surface area contributed by atoms with Gasteiger partial charge in [-0.25, -0.2) is 9.18 Å². The molecule has 2 amide bonds. The maximum atomic E-state index is 13.0. The molecule has 1 aromatic carbocycles. The zero-order valence-corrected chi connectivity index (χ0v) is 18.2. The van der Waals surface area contributed by atoms with E-state index in [1.54, 1.807) is 44.7 Å². The number of hydrogen-bond donors (Lipinski definition) is 1. The van der Waals surface area contributed by atoms with Gasteiger partial charge in [-0.2, -0.15) is 0 Å². The van der Waals surface area contributed by atoms with Crippen LogP contribution in [0.4, 0.5) is 9.18 Å². The first-order chi connectivity index (χ1) is 14.0. The van der Waals surface area contributed by atoms with Crippen LogP contribution in [0, 0.1) is 11.7 Å². The second-order valence-corrected chi connectivity index (χ2v) is 8.60.